The highest BCUT2D eigenvalue weighted by Gasteiger charge is 2.15. The lowest BCUT2D eigenvalue weighted by atomic mass is 10.1. The molecule has 1 aromatic heterocycles. The highest BCUT2D eigenvalue weighted by molar-refractivity contribution is 5.87. The lowest BCUT2D eigenvalue weighted by Gasteiger charge is -2.10. The van der Waals surface area contributed by atoms with Gasteiger partial charge in [-0.2, -0.15) is 0 Å². The summed E-state index contributed by atoms with van der Waals surface area (Å²) in [5, 5.41) is 8.99. The van der Waals surface area contributed by atoms with E-state index in [-0.39, 0.29) is 11.4 Å². The van der Waals surface area contributed by atoms with Gasteiger partial charge in [0.1, 0.15) is 5.69 Å². The normalized spacial score (nSPS) is 10.3. The van der Waals surface area contributed by atoms with Crippen molar-refractivity contribution in [2.45, 2.75) is 19.8 Å². The van der Waals surface area contributed by atoms with Gasteiger partial charge in [-0.3, -0.25) is 4.79 Å². The van der Waals surface area contributed by atoms with Crippen LogP contribution in [-0.4, -0.2) is 15.6 Å². The molecule has 1 aromatic rings. The molecule has 15 heavy (non-hydrogen) atoms. The van der Waals surface area contributed by atoms with Crippen molar-refractivity contribution in [2.24, 2.45) is 7.05 Å². The minimum absolute atomic E-state index is 0.0241. The first-order valence-electron chi connectivity index (χ1n) is 4.70. The van der Waals surface area contributed by atoms with E-state index in [1.807, 2.05) is 6.92 Å². The first kappa shape index (κ1) is 11.3. The quantitative estimate of drug-likeness (QED) is 0.765. The second kappa shape index (κ2) is 4.16. The summed E-state index contributed by atoms with van der Waals surface area (Å²) in [7, 11) is 1.42. The van der Waals surface area contributed by atoms with Crippen LogP contribution in [0.3, 0.4) is 0 Å². The van der Waals surface area contributed by atoms with Crippen LogP contribution in [0.25, 0.3) is 0 Å². The van der Waals surface area contributed by atoms with Gasteiger partial charge in [0, 0.05) is 7.05 Å². The summed E-state index contributed by atoms with van der Waals surface area (Å²) in [5.74, 6) is -1.10. The Morgan fingerprint density at radius 3 is 2.67 bits per heavy atom. The van der Waals surface area contributed by atoms with Gasteiger partial charge in [-0.25, -0.2) is 4.79 Å². The van der Waals surface area contributed by atoms with Crippen LogP contribution in [0, 0.1) is 0 Å². The van der Waals surface area contributed by atoms with Gasteiger partial charge in [0.2, 0.25) is 0 Å². The number of nitrogen functional groups attached to an aromatic ring is 1. The van der Waals surface area contributed by atoms with Crippen molar-refractivity contribution in [1.29, 1.82) is 0 Å². The number of carboxylic acid groups (broad SMARTS) is 1. The van der Waals surface area contributed by atoms with Crippen molar-refractivity contribution in [1.82, 2.24) is 4.57 Å². The van der Waals surface area contributed by atoms with Crippen molar-refractivity contribution >= 4 is 11.7 Å². The van der Waals surface area contributed by atoms with Crippen molar-refractivity contribution in [3.63, 3.8) is 0 Å². The van der Waals surface area contributed by atoms with E-state index in [0.717, 1.165) is 11.0 Å². The summed E-state index contributed by atoms with van der Waals surface area (Å²) in [4.78, 5) is 22.4. The highest BCUT2D eigenvalue weighted by Crippen LogP contribution is 2.11. The van der Waals surface area contributed by atoms with E-state index in [1.165, 1.54) is 13.1 Å². The van der Waals surface area contributed by atoms with Crippen LogP contribution >= 0.6 is 0 Å². The maximum atomic E-state index is 11.4. The molecule has 5 heteroatoms. The molecule has 1 rings (SSSR count). The summed E-state index contributed by atoms with van der Waals surface area (Å²) in [6, 6.07) is 1.45. The van der Waals surface area contributed by atoms with Gasteiger partial charge in [0.25, 0.3) is 5.56 Å². The molecule has 0 aliphatic heterocycles. The largest absolute Gasteiger partial charge is 0.477 e. The number of anilines is 1. The van der Waals surface area contributed by atoms with E-state index in [1.54, 1.807) is 0 Å². The summed E-state index contributed by atoms with van der Waals surface area (Å²) in [5.41, 5.74) is 5.74. The topological polar surface area (TPSA) is 85.3 Å². The lowest BCUT2D eigenvalue weighted by Crippen LogP contribution is -2.27. The zero-order valence-corrected chi connectivity index (χ0v) is 8.78. The molecule has 0 radical (unpaired) electrons. The Bertz CT molecular complexity index is 449. The third kappa shape index (κ3) is 2.01. The molecule has 0 saturated heterocycles. The number of aryl methyl sites for hydroxylation is 1. The molecule has 0 amide bonds. The first-order valence-corrected chi connectivity index (χ1v) is 4.70. The number of nitrogens with two attached hydrogens (primary N) is 1. The van der Waals surface area contributed by atoms with Crippen molar-refractivity contribution in [3.05, 3.63) is 27.7 Å². The fourth-order valence-corrected chi connectivity index (χ4v) is 1.57. The van der Waals surface area contributed by atoms with Crippen LogP contribution in [0.15, 0.2) is 10.9 Å². The number of aromatic nitrogens is 1. The molecule has 0 atom stereocenters. The number of carbonyl (C=O) groups is 1. The number of pyridine rings is 1. The molecule has 3 N–H and O–H groups in total. The second-order valence-electron chi connectivity index (χ2n) is 3.39. The third-order valence-corrected chi connectivity index (χ3v) is 2.24. The zero-order valence-electron chi connectivity index (χ0n) is 8.78. The van der Waals surface area contributed by atoms with Gasteiger partial charge in [-0.1, -0.05) is 13.3 Å². The van der Waals surface area contributed by atoms with Crippen molar-refractivity contribution < 1.29 is 9.90 Å². The number of aromatic carboxylic acids is 1. The highest BCUT2D eigenvalue weighted by atomic mass is 16.4. The number of hydrogen-bond donors (Lipinski definition) is 2. The predicted molar refractivity (Wildman–Crippen MR) is 57.0 cm³/mol. The standard InChI is InChI=1S/C10H14N2O3/c1-3-4-6-5-7(11)9(13)12(2)8(6)10(14)15/h5H,3-4,11H2,1-2H3,(H,14,15). The fourth-order valence-electron chi connectivity index (χ4n) is 1.57. The zero-order chi connectivity index (χ0) is 11.6. The molecule has 0 saturated carbocycles. The molecule has 1 heterocycles. The predicted octanol–water partition coefficient (Wildman–Crippen LogP) is 0.618. The molecule has 0 spiro atoms. The Morgan fingerprint density at radius 2 is 2.20 bits per heavy atom. The van der Waals surface area contributed by atoms with Gasteiger partial charge in [0.05, 0.1) is 5.69 Å². The van der Waals surface area contributed by atoms with Gasteiger partial charge < -0.3 is 15.4 Å². The Morgan fingerprint density at radius 1 is 1.60 bits per heavy atom. The molecule has 0 fully saturated rings. The first-order chi connectivity index (χ1) is 6.99. The number of hydrogen-bond acceptors (Lipinski definition) is 3. The summed E-state index contributed by atoms with van der Waals surface area (Å²) in [6.45, 7) is 1.94. The summed E-state index contributed by atoms with van der Waals surface area (Å²) in [6.07, 6.45) is 1.40. The maximum absolute atomic E-state index is 11.4. The van der Waals surface area contributed by atoms with E-state index in [0.29, 0.717) is 12.0 Å². The summed E-state index contributed by atoms with van der Waals surface area (Å²) < 4.78 is 1.09. The van der Waals surface area contributed by atoms with Crippen LogP contribution in [0.1, 0.15) is 29.4 Å². The number of rotatable bonds is 3. The van der Waals surface area contributed by atoms with Crippen molar-refractivity contribution in [2.75, 3.05) is 5.73 Å². The van der Waals surface area contributed by atoms with Crippen LogP contribution in [-0.2, 0) is 13.5 Å². The lowest BCUT2D eigenvalue weighted by molar-refractivity contribution is 0.0683. The summed E-state index contributed by atoms with van der Waals surface area (Å²) >= 11 is 0. The monoisotopic (exact) mass is 210 g/mol. The van der Waals surface area contributed by atoms with Crippen LogP contribution < -0.4 is 11.3 Å². The van der Waals surface area contributed by atoms with Gasteiger partial charge >= 0.3 is 5.97 Å². The number of nitrogens with zero attached hydrogens (tertiary/aromatic N) is 1. The molecule has 82 valence electrons. The van der Waals surface area contributed by atoms with Gasteiger partial charge in [-0.05, 0) is 18.1 Å². The molecular formula is C10H14N2O3. The molecule has 0 bridgehead atoms. The van der Waals surface area contributed by atoms with Crippen LogP contribution in [0.5, 0.6) is 0 Å². The SMILES string of the molecule is CCCc1cc(N)c(=O)n(C)c1C(=O)O. The molecule has 0 aliphatic rings. The van der Waals surface area contributed by atoms with Gasteiger partial charge in [0.15, 0.2) is 0 Å². The van der Waals surface area contributed by atoms with Crippen LogP contribution in [0.4, 0.5) is 5.69 Å². The smallest absolute Gasteiger partial charge is 0.352 e. The number of carboxylic acids is 1. The van der Waals surface area contributed by atoms with Crippen molar-refractivity contribution in [3.8, 4) is 0 Å². The minimum Gasteiger partial charge on any atom is -0.477 e. The third-order valence-electron chi connectivity index (χ3n) is 2.24. The van der Waals surface area contributed by atoms with Crippen LogP contribution in [0.2, 0.25) is 0 Å². The average molecular weight is 210 g/mol. The maximum Gasteiger partial charge on any atom is 0.352 e. The Kier molecular flexibility index (Phi) is 3.14. The molecule has 0 aliphatic carbocycles. The minimum atomic E-state index is -1.10. The van der Waals surface area contributed by atoms with E-state index >= 15 is 0 Å². The molecular weight excluding hydrogens is 196 g/mol. The fraction of sp³-hybridized carbons (Fsp3) is 0.400. The molecule has 5 nitrogen and oxygen atoms in total. The van der Waals surface area contributed by atoms with E-state index in [9.17, 15) is 9.59 Å². The van der Waals surface area contributed by atoms with E-state index in [4.69, 9.17) is 10.8 Å². The van der Waals surface area contributed by atoms with Gasteiger partial charge in [-0.15, -0.1) is 0 Å². The molecule has 0 aromatic carbocycles. The Balaban J connectivity index is 3.50. The Labute approximate surface area is 87.1 Å². The average Bonchev–Trinajstić information content (AvgIpc) is 2.14. The Hall–Kier alpha value is -1.78. The molecule has 0 unspecified atom stereocenters. The van der Waals surface area contributed by atoms with E-state index in [2.05, 4.69) is 0 Å². The second-order valence-corrected chi connectivity index (χ2v) is 3.39. The van der Waals surface area contributed by atoms with E-state index < -0.39 is 11.5 Å².